The van der Waals surface area contributed by atoms with Gasteiger partial charge in [-0.25, -0.2) is 4.79 Å². The standard InChI is InChI=1S/C13H18N2O4/c1-15(9-12(16)14-13(17)19-3)8-10-5-4-6-11(7-10)18-2/h4-7H,8-9H2,1-3H3,(H,14,16,17). The molecular formula is C13H18N2O4. The maximum Gasteiger partial charge on any atom is 0.413 e. The number of alkyl carbamates (subject to hydrolysis) is 1. The predicted molar refractivity (Wildman–Crippen MR) is 69.9 cm³/mol. The topological polar surface area (TPSA) is 67.9 Å². The van der Waals surface area contributed by atoms with Crippen molar-refractivity contribution in [2.24, 2.45) is 0 Å². The molecule has 0 aliphatic rings. The summed E-state index contributed by atoms with van der Waals surface area (Å²) in [7, 11) is 4.60. The highest BCUT2D eigenvalue weighted by molar-refractivity contribution is 5.92. The lowest BCUT2D eigenvalue weighted by Crippen LogP contribution is -2.38. The maximum atomic E-state index is 11.5. The fourth-order valence-electron chi connectivity index (χ4n) is 1.59. The van der Waals surface area contributed by atoms with E-state index in [-0.39, 0.29) is 6.54 Å². The van der Waals surface area contributed by atoms with Crippen molar-refractivity contribution in [1.82, 2.24) is 10.2 Å². The molecule has 0 aliphatic heterocycles. The summed E-state index contributed by atoms with van der Waals surface area (Å²) in [6, 6.07) is 7.58. The van der Waals surface area contributed by atoms with Crippen LogP contribution in [0.5, 0.6) is 5.75 Å². The summed E-state index contributed by atoms with van der Waals surface area (Å²) in [4.78, 5) is 24.1. The Morgan fingerprint density at radius 2 is 2.05 bits per heavy atom. The maximum absolute atomic E-state index is 11.5. The quantitative estimate of drug-likeness (QED) is 0.861. The SMILES string of the molecule is COC(=O)NC(=O)CN(C)Cc1cccc(OC)c1. The van der Waals surface area contributed by atoms with Crippen LogP contribution >= 0.6 is 0 Å². The van der Waals surface area contributed by atoms with Gasteiger partial charge in [0.25, 0.3) is 0 Å². The number of methoxy groups -OCH3 is 2. The van der Waals surface area contributed by atoms with Crippen LogP contribution < -0.4 is 10.1 Å². The van der Waals surface area contributed by atoms with Gasteiger partial charge < -0.3 is 9.47 Å². The Labute approximate surface area is 112 Å². The first-order valence-electron chi connectivity index (χ1n) is 5.74. The molecule has 2 amide bonds. The van der Waals surface area contributed by atoms with E-state index in [1.54, 1.807) is 19.1 Å². The van der Waals surface area contributed by atoms with Gasteiger partial charge >= 0.3 is 6.09 Å². The highest BCUT2D eigenvalue weighted by Gasteiger charge is 2.10. The van der Waals surface area contributed by atoms with Crippen molar-refractivity contribution < 1.29 is 19.1 Å². The summed E-state index contributed by atoms with van der Waals surface area (Å²) in [5, 5.41) is 2.10. The van der Waals surface area contributed by atoms with Crippen molar-refractivity contribution in [2.45, 2.75) is 6.54 Å². The van der Waals surface area contributed by atoms with Crippen LogP contribution in [0.2, 0.25) is 0 Å². The molecule has 0 bridgehead atoms. The third-order valence-corrected chi connectivity index (χ3v) is 2.43. The molecule has 1 N–H and O–H groups in total. The van der Waals surface area contributed by atoms with Crippen LogP contribution in [0.3, 0.4) is 0 Å². The highest BCUT2D eigenvalue weighted by Crippen LogP contribution is 2.13. The molecule has 0 radical (unpaired) electrons. The molecule has 1 aromatic carbocycles. The first-order chi connectivity index (χ1) is 9.05. The number of benzene rings is 1. The lowest BCUT2D eigenvalue weighted by Gasteiger charge is -2.16. The van der Waals surface area contributed by atoms with Crippen LogP contribution in [-0.4, -0.2) is 44.7 Å². The van der Waals surface area contributed by atoms with Gasteiger partial charge in [-0.3, -0.25) is 15.0 Å². The number of nitrogens with one attached hydrogen (secondary N) is 1. The van der Waals surface area contributed by atoms with Gasteiger partial charge in [-0.15, -0.1) is 0 Å². The van der Waals surface area contributed by atoms with Crippen molar-refractivity contribution in [3.8, 4) is 5.75 Å². The molecule has 0 heterocycles. The van der Waals surface area contributed by atoms with Gasteiger partial charge in [0.15, 0.2) is 0 Å². The molecule has 0 saturated heterocycles. The van der Waals surface area contributed by atoms with Crippen molar-refractivity contribution in [1.29, 1.82) is 0 Å². The Morgan fingerprint density at radius 1 is 1.32 bits per heavy atom. The smallest absolute Gasteiger partial charge is 0.413 e. The number of nitrogens with zero attached hydrogens (tertiary/aromatic N) is 1. The molecule has 1 rings (SSSR count). The third-order valence-electron chi connectivity index (χ3n) is 2.43. The first-order valence-corrected chi connectivity index (χ1v) is 5.74. The summed E-state index contributed by atoms with van der Waals surface area (Å²) in [5.41, 5.74) is 1.02. The number of likely N-dealkylation sites (N-methyl/N-ethyl adjacent to an activating group) is 1. The zero-order valence-corrected chi connectivity index (χ0v) is 11.3. The molecule has 0 aliphatic carbocycles. The fourth-order valence-corrected chi connectivity index (χ4v) is 1.59. The first kappa shape index (κ1) is 15.0. The van der Waals surface area contributed by atoms with Gasteiger partial charge in [-0.05, 0) is 24.7 Å². The summed E-state index contributed by atoms with van der Waals surface area (Å²) < 4.78 is 9.47. The van der Waals surface area contributed by atoms with Crippen LogP contribution in [0.1, 0.15) is 5.56 Å². The van der Waals surface area contributed by atoms with Crippen molar-refractivity contribution in [3.05, 3.63) is 29.8 Å². The number of ether oxygens (including phenoxy) is 2. The largest absolute Gasteiger partial charge is 0.497 e. The molecule has 0 fully saturated rings. The molecule has 0 saturated carbocycles. The van der Waals surface area contributed by atoms with E-state index in [1.165, 1.54) is 7.11 Å². The van der Waals surface area contributed by atoms with Crippen LogP contribution in [-0.2, 0) is 16.1 Å². The molecule has 0 atom stereocenters. The van der Waals surface area contributed by atoms with Crippen LogP contribution in [0, 0.1) is 0 Å². The van der Waals surface area contributed by atoms with E-state index in [4.69, 9.17) is 4.74 Å². The molecule has 6 heteroatoms. The second-order valence-electron chi connectivity index (χ2n) is 4.06. The average Bonchev–Trinajstić information content (AvgIpc) is 2.38. The van der Waals surface area contributed by atoms with Crippen LogP contribution in [0.15, 0.2) is 24.3 Å². The molecule has 0 spiro atoms. The van der Waals surface area contributed by atoms with E-state index in [0.717, 1.165) is 11.3 Å². The summed E-state index contributed by atoms with van der Waals surface area (Å²) in [6.07, 6.45) is -0.750. The van der Waals surface area contributed by atoms with E-state index in [2.05, 4.69) is 10.1 Å². The van der Waals surface area contributed by atoms with E-state index in [9.17, 15) is 9.59 Å². The molecule has 0 aromatic heterocycles. The minimum atomic E-state index is -0.750. The number of carbonyl (C=O) groups is 2. The lowest BCUT2D eigenvalue weighted by molar-refractivity contribution is -0.121. The zero-order valence-electron chi connectivity index (χ0n) is 11.3. The van der Waals surface area contributed by atoms with E-state index in [0.29, 0.717) is 6.54 Å². The second-order valence-corrected chi connectivity index (χ2v) is 4.06. The highest BCUT2D eigenvalue weighted by atomic mass is 16.5. The Kier molecular flexibility index (Phi) is 5.81. The van der Waals surface area contributed by atoms with Crippen molar-refractivity contribution >= 4 is 12.0 Å². The van der Waals surface area contributed by atoms with Crippen molar-refractivity contribution in [2.75, 3.05) is 27.8 Å². The Balaban J connectivity index is 2.48. The Hall–Kier alpha value is -2.08. The number of amides is 2. The molecule has 0 unspecified atom stereocenters. The number of rotatable bonds is 5. The molecule has 6 nitrogen and oxygen atoms in total. The third kappa shape index (κ3) is 5.39. The average molecular weight is 266 g/mol. The second kappa shape index (κ2) is 7.38. The monoisotopic (exact) mass is 266 g/mol. The van der Waals surface area contributed by atoms with Gasteiger partial charge in [-0.1, -0.05) is 12.1 Å². The number of hydrogen-bond acceptors (Lipinski definition) is 5. The number of imide groups is 1. The Morgan fingerprint density at radius 3 is 2.68 bits per heavy atom. The molecular weight excluding hydrogens is 248 g/mol. The van der Waals surface area contributed by atoms with Crippen molar-refractivity contribution in [3.63, 3.8) is 0 Å². The van der Waals surface area contributed by atoms with Gasteiger partial charge in [0, 0.05) is 6.54 Å². The lowest BCUT2D eigenvalue weighted by atomic mass is 10.2. The van der Waals surface area contributed by atoms with E-state index >= 15 is 0 Å². The van der Waals surface area contributed by atoms with Gasteiger partial charge in [-0.2, -0.15) is 0 Å². The molecule has 1 aromatic rings. The molecule has 19 heavy (non-hydrogen) atoms. The van der Waals surface area contributed by atoms with Crippen LogP contribution in [0.4, 0.5) is 4.79 Å². The van der Waals surface area contributed by atoms with Gasteiger partial charge in [0.1, 0.15) is 5.75 Å². The summed E-state index contributed by atoms with van der Waals surface area (Å²) >= 11 is 0. The van der Waals surface area contributed by atoms with E-state index in [1.807, 2.05) is 24.3 Å². The number of carbonyl (C=O) groups excluding carboxylic acids is 2. The molecule has 104 valence electrons. The normalized spacial score (nSPS) is 10.1. The van der Waals surface area contributed by atoms with E-state index < -0.39 is 12.0 Å². The summed E-state index contributed by atoms with van der Waals surface area (Å²) in [6.45, 7) is 0.679. The van der Waals surface area contributed by atoms with Gasteiger partial charge in [0.05, 0.1) is 20.8 Å². The minimum Gasteiger partial charge on any atom is -0.497 e. The minimum absolute atomic E-state index is 0.103. The zero-order chi connectivity index (χ0) is 14.3. The predicted octanol–water partition coefficient (Wildman–Crippen LogP) is 1.01. The summed E-state index contributed by atoms with van der Waals surface area (Å²) in [5.74, 6) is 0.363. The number of hydrogen-bond donors (Lipinski definition) is 1. The van der Waals surface area contributed by atoms with Gasteiger partial charge in [0.2, 0.25) is 5.91 Å². The fraction of sp³-hybridized carbons (Fsp3) is 0.385. The van der Waals surface area contributed by atoms with Crippen LogP contribution in [0.25, 0.3) is 0 Å². The Bertz CT molecular complexity index is 448.